The Bertz CT molecular complexity index is 1440. The first-order valence-electron chi connectivity index (χ1n) is 12.1. The topological polar surface area (TPSA) is 124 Å². The van der Waals surface area contributed by atoms with Crippen LogP contribution >= 0.6 is 10.6 Å². The highest BCUT2D eigenvalue weighted by Gasteiger charge is 2.45. The SMILES string of the molecule is O=C(OCc1ccccc1)N1CCN(C(=O)c2cccc3c2C(S(=O)(=O)c2ccccc2)CS3(O)O)CC1. The van der Waals surface area contributed by atoms with E-state index in [4.69, 9.17) is 4.74 Å². The molecule has 0 spiro atoms. The van der Waals surface area contributed by atoms with Crippen molar-refractivity contribution in [3.8, 4) is 0 Å². The predicted octanol–water partition coefficient (Wildman–Crippen LogP) is 4.42. The highest BCUT2D eigenvalue weighted by molar-refractivity contribution is 8.25. The van der Waals surface area contributed by atoms with Gasteiger partial charge in [-0.15, -0.1) is 0 Å². The first-order chi connectivity index (χ1) is 18.2. The van der Waals surface area contributed by atoms with Crippen LogP contribution in [-0.4, -0.2) is 71.3 Å². The minimum atomic E-state index is -4.00. The molecule has 0 saturated carbocycles. The van der Waals surface area contributed by atoms with Crippen LogP contribution in [0.2, 0.25) is 0 Å². The summed E-state index contributed by atoms with van der Waals surface area (Å²) in [6, 6.07) is 21.7. The van der Waals surface area contributed by atoms with Crippen LogP contribution in [0.4, 0.5) is 4.79 Å². The molecule has 0 radical (unpaired) electrons. The van der Waals surface area contributed by atoms with Crippen LogP contribution in [0.5, 0.6) is 0 Å². The number of amides is 2. The summed E-state index contributed by atoms with van der Waals surface area (Å²) in [4.78, 5) is 29.3. The molecule has 3 aromatic rings. The van der Waals surface area contributed by atoms with Crippen molar-refractivity contribution in [1.29, 1.82) is 0 Å². The van der Waals surface area contributed by atoms with Gasteiger partial charge < -0.3 is 14.5 Å². The summed E-state index contributed by atoms with van der Waals surface area (Å²) in [5.41, 5.74) is 1.15. The zero-order valence-electron chi connectivity index (χ0n) is 20.5. The lowest BCUT2D eigenvalue weighted by Crippen LogP contribution is -2.50. The highest BCUT2D eigenvalue weighted by Crippen LogP contribution is 2.62. The summed E-state index contributed by atoms with van der Waals surface area (Å²) < 4.78 is 54.0. The van der Waals surface area contributed by atoms with E-state index < -0.39 is 43.4 Å². The molecule has 0 bridgehead atoms. The third-order valence-corrected chi connectivity index (χ3v) is 11.0. The summed E-state index contributed by atoms with van der Waals surface area (Å²) >= 11 is 0. The molecule has 1 unspecified atom stereocenters. The monoisotopic (exact) mass is 556 g/mol. The molecule has 1 fully saturated rings. The average Bonchev–Trinajstić information content (AvgIpc) is 3.24. The summed E-state index contributed by atoms with van der Waals surface area (Å²) in [6.07, 6.45) is -0.468. The van der Waals surface area contributed by atoms with E-state index in [1.165, 1.54) is 35.2 Å². The van der Waals surface area contributed by atoms with Gasteiger partial charge in [-0.3, -0.25) is 13.9 Å². The van der Waals surface area contributed by atoms with Gasteiger partial charge in [0.15, 0.2) is 9.84 Å². The molecule has 5 rings (SSSR count). The lowest BCUT2D eigenvalue weighted by Gasteiger charge is -2.34. The lowest BCUT2D eigenvalue weighted by molar-refractivity contribution is 0.0543. The maximum atomic E-state index is 13.6. The van der Waals surface area contributed by atoms with Crippen molar-refractivity contribution in [3.05, 3.63) is 95.6 Å². The Morgan fingerprint density at radius 3 is 2.11 bits per heavy atom. The van der Waals surface area contributed by atoms with E-state index in [1.807, 2.05) is 30.3 Å². The van der Waals surface area contributed by atoms with E-state index in [9.17, 15) is 27.1 Å². The van der Waals surface area contributed by atoms with Crippen molar-refractivity contribution in [2.24, 2.45) is 0 Å². The fourth-order valence-electron chi connectivity index (χ4n) is 4.82. The Morgan fingerprint density at radius 2 is 1.45 bits per heavy atom. The molecule has 38 heavy (non-hydrogen) atoms. The summed E-state index contributed by atoms with van der Waals surface area (Å²) in [5, 5.41) is -1.26. The zero-order chi connectivity index (χ0) is 26.9. The molecule has 11 heteroatoms. The molecule has 2 aliphatic rings. The number of fused-ring (bicyclic) bond motifs is 1. The van der Waals surface area contributed by atoms with E-state index >= 15 is 0 Å². The number of carbonyl (C=O) groups is 2. The molecule has 2 N–H and O–H groups in total. The van der Waals surface area contributed by atoms with Gasteiger partial charge in [0.1, 0.15) is 11.9 Å². The zero-order valence-corrected chi connectivity index (χ0v) is 22.1. The fourth-order valence-corrected chi connectivity index (χ4v) is 9.28. The smallest absolute Gasteiger partial charge is 0.410 e. The molecular formula is C27H28N2O7S2. The summed E-state index contributed by atoms with van der Waals surface area (Å²) in [7, 11) is -7.40. The third-order valence-electron chi connectivity index (χ3n) is 6.83. The molecule has 3 aromatic carbocycles. The molecule has 2 heterocycles. The maximum Gasteiger partial charge on any atom is 0.410 e. The largest absolute Gasteiger partial charge is 0.445 e. The number of hydrogen-bond donors (Lipinski definition) is 2. The Labute approximate surface area is 222 Å². The van der Waals surface area contributed by atoms with Gasteiger partial charge in [0, 0.05) is 37.3 Å². The Balaban J connectivity index is 1.33. The normalized spacial score (nSPS) is 19.5. The molecule has 1 saturated heterocycles. The molecule has 1 atom stereocenters. The van der Waals surface area contributed by atoms with Crippen molar-refractivity contribution >= 4 is 32.4 Å². The van der Waals surface area contributed by atoms with E-state index in [0.29, 0.717) is 0 Å². The van der Waals surface area contributed by atoms with Crippen LogP contribution in [0.3, 0.4) is 0 Å². The molecule has 9 nitrogen and oxygen atoms in total. The van der Waals surface area contributed by atoms with Gasteiger partial charge in [-0.2, -0.15) is 10.6 Å². The van der Waals surface area contributed by atoms with Crippen molar-refractivity contribution in [2.75, 3.05) is 31.9 Å². The second-order valence-electron chi connectivity index (χ2n) is 9.22. The average molecular weight is 557 g/mol. The molecular weight excluding hydrogens is 528 g/mol. The van der Waals surface area contributed by atoms with Gasteiger partial charge in [-0.05, 0) is 29.8 Å². The number of hydrogen-bond acceptors (Lipinski definition) is 7. The van der Waals surface area contributed by atoms with Crippen LogP contribution in [-0.2, 0) is 21.2 Å². The van der Waals surface area contributed by atoms with Gasteiger partial charge in [0.05, 0.1) is 15.5 Å². The predicted molar refractivity (Wildman–Crippen MR) is 143 cm³/mol. The number of carbonyl (C=O) groups excluding carboxylic acids is 2. The molecule has 200 valence electrons. The number of benzene rings is 3. The second-order valence-corrected chi connectivity index (χ2v) is 13.5. The molecule has 2 aliphatic heterocycles. The van der Waals surface area contributed by atoms with Gasteiger partial charge >= 0.3 is 6.09 Å². The highest BCUT2D eigenvalue weighted by atomic mass is 32.3. The van der Waals surface area contributed by atoms with Gasteiger partial charge in [0.2, 0.25) is 0 Å². The van der Waals surface area contributed by atoms with E-state index in [1.54, 1.807) is 23.1 Å². The van der Waals surface area contributed by atoms with Crippen molar-refractivity contribution in [3.63, 3.8) is 0 Å². The van der Waals surface area contributed by atoms with Crippen LogP contribution in [0.15, 0.2) is 88.7 Å². The fraction of sp³-hybridized carbons (Fsp3) is 0.259. The first kappa shape index (κ1) is 26.2. The minimum Gasteiger partial charge on any atom is -0.445 e. The first-order valence-corrected chi connectivity index (χ1v) is 15.4. The van der Waals surface area contributed by atoms with Crippen LogP contribution in [0.1, 0.15) is 26.7 Å². The number of rotatable bonds is 5. The van der Waals surface area contributed by atoms with E-state index in [-0.39, 0.29) is 53.7 Å². The molecule has 0 aliphatic carbocycles. The third kappa shape index (κ3) is 5.02. The van der Waals surface area contributed by atoms with Crippen molar-refractivity contribution < 1.29 is 31.8 Å². The lowest BCUT2D eigenvalue weighted by atomic mass is 10.0. The second kappa shape index (κ2) is 10.4. The van der Waals surface area contributed by atoms with Crippen molar-refractivity contribution in [1.82, 2.24) is 9.80 Å². The number of nitrogens with zero attached hydrogens (tertiary/aromatic N) is 2. The number of piperazine rings is 1. The van der Waals surface area contributed by atoms with Crippen LogP contribution < -0.4 is 0 Å². The quantitative estimate of drug-likeness (QED) is 0.477. The van der Waals surface area contributed by atoms with Crippen LogP contribution in [0, 0.1) is 0 Å². The molecule has 2 amide bonds. The van der Waals surface area contributed by atoms with E-state index in [0.717, 1.165) is 5.56 Å². The van der Waals surface area contributed by atoms with Gasteiger partial charge in [-0.1, -0.05) is 54.6 Å². The summed E-state index contributed by atoms with van der Waals surface area (Å²) in [6.45, 7) is 1.13. The number of sulfone groups is 1. The van der Waals surface area contributed by atoms with Gasteiger partial charge in [0.25, 0.3) is 5.91 Å². The maximum absolute atomic E-state index is 13.6. The van der Waals surface area contributed by atoms with Gasteiger partial charge in [-0.25, -0.2) is 13.2 Å². The summed E-state index contributed by atoms with van der Waals surface area (Å²) in [5.74, 6) is -0.810. The van der Waals surface area contributed by atoms with Crippen molar-refractivity contribution in [2.45, 2.75) is 21.6 Å². The standard InChI is InChI=1S/C27H28N2O7S2/c30-26(28-14-16-29(17-15-28)27(31)36-18-20-8-3-1-4-9-20)22-12-7-13-23-25(22)24(19-37(23,32)33)38(34,35)21-10-5-2-6-11-21/h1-13,24,32-33H,14-19H2. The Morgan fingerprint density at radius 1 is 0.842 bits per heavy atom. The number of ether oxygens (including phenoxy) is 1. The van der Waals surface area contributed by atoms with E-state index in [2.05, 4.69) is 0 Å². The Hall–Kier alpha value is -3.38. The van der Waals surface area contributed by atoms with Crippen LogP contribution in [0.25, 0.3) is 0 Å². The molecule has 0 aromatic heterocycles. The Kier molecular flexibility index (Phi) is 7.19. The minimum absolute atomic E-state index is 0.0536.